The zero-order chi connectivity index (χ0) is 26.2. The van der Waals surface area contributed by atoms with Crippen LogP contribution in [0.3, 0.4) is 0 Å². The molecule has 4 rings (SSSR count). The second-order valence-electron chi connectivity index (χ2n) is 9.13. The Morgan fingerprint density at radius 3 is 2.46 bits per heavy atom. The van der Waals surface area contributed by atoms with E-state index in [1.54, 1.807) is 18.2 Å². The molecule has 0 saturated heterocycles. The topological polar surface area (TPSA) is 114 Å². The lowest BCUT2D eigenvalue weighted by Crippen LogP contribution is -2.36. The fourth-order valence-corrected chi connectivity index (χ4v) is 5.31. The number of nitriles is 1. The highest BCUT2D eigenvalue weighted by molar-refractivity contribution is 7.97. The predicted octanol–water partition coefficient (Wildman–Crippen LogP) is 5.84. The van der Waals surface area contributed by atoms with E-state index in [1.807, 2.05) is 18.2 Å². The summed E-state index contributed by atoms with van der Waals surface area (Å²) in [5.74, 6) is -1.30. The minimum atomic E-state index is -1.24. The fourth-order valence-electron chi connectivity index (χ4n) is 4.61. The van der Waals surface area contributed by atoms with Crippen LogP contribution in [0.5, 0.6) is 5.75 Å². The van der Waals surface area contributed by atoms with Gasteiger partial charge in [-0.25, -0.2) is 4.79 Å². The van der Waals surface area contributed by atoms with Gasteiger partial charge in [0.2, 0.25) is 5.91 Å². The summed E-state index contributed by atoms with van der Waals surface area (Å²) in [6.07, 6.45) is 6.24. The Labute approximate surface area is 220 Å². The van der Waals surface area contributed by atoms with Crippen molar-refractivity contribution >= 4 is 29.5 Å². The average Bonchev–Trinajstić information content (AvgIpc) is 2.92. The quantitative estimate of drug-likeness (QED) is 0.307. The molecule has 1 aliphatic rings. The van der Waals surface area contributed by atoms with E-state index >= 15 is 0 Å². The molecule has 0 bridgehead atoms. The summed E-state index contributed by atoms with van der Waals surface area (Å²) in [5, 5.41) is 28.6. The number of carboxylic acids is 1. The number of nitrogens with zero attached hydrogens (tertiary/aromatic N) is 2. The number of carbonyl (C=O) groups is 2. The summed E-state index contributed by atoms with van der Waals surface area (Å²) in [4.78, 5) is 27.0. The van der Waals surface area contributed by atoms with E-state index in [-0.39, 0.29) is 24.6 Å². The lowest BCUT2D eigenvalue weighted by atomic mass is 9.84. The molecule has 0 radical (unpaired) electrons. The van der Waals surface area contributed by atoms with Crippen LogP contribution in [0.25, 0.3) is 0 Å². The average molecular weight is 516 g/mol. The zero-order valence-electron chi connectivity index (χ0n) is 20.4. The lowest BCUT2D eigenvalue weighted by molar-refractivity contribution is -0.117. The molecule has 1 aliphatic carbocycles. The van der Waals surface area contributed by atoms with Crippen LogP contribution in [-0.2, 0) is 11.3 Å². The maximum Gasteiger partial charge on any atom is 0.339 e. The molecule has 1 fully saturated rings. The number of phenols is 1. The molecular formula is C29H29N3O4S. The van der Waals surface area contributed by atoms with Crippen molar-refractivity contribution in [1.82, 2.24) is 4.72 Å². The van der Waals surface area contributed by atoms with Crippen LogP contribution in [0.15, 0.2) is 71.6 Å². The van der Waals surface area contributed by atoms with Crippen LogP contribution in [0.4, 0.5) is 5.69 Å². The Hall–Kier alpha value is -3.80. The molecule has 3 aromatic carbocycles. The van der Waals surface area contributed by atoms with E-state index in [4.69, 9.17) is 5.26 Å². The molecule has 3 aromatic rings. The van der Waals surface area contributed by atoms with Crippen molar-refractivity contribution in [2.24, 2.45) is 0 Å². The Bertz CT molecular complexity index is 1300. The molecule has 1 saturated carbocycles. The number of hydrogen-bond acceptors (Lipinski definition) is 6. The van der Waals surface area contributed by atoms with E-state index in [0.29, 0.717) is 17.2 Å². The summed E-state index contributed by atoms with van der Waals surface area (Å²) in [6, 6.07) is 21.6. The minimum Gasteiger partial charge on any atom is -0.507 e. The summed E-state index contributed by atoms with van der Waals surface area (Å²) < 4.78 is 3.04. The highest BCUT2D eigenvalue weighted by atomic mass is 32.2. The minimum absolute atomic E-state index is 0.0109. The van der Waals surface area contributed by atoms with E-state index in [1.165, 1.54) is 72.7 Å². The van der Waals surface area contributed by atoms with Crippen LogP contribution >= 0.6 is 11.9 Å². The molecular weight excluding hydrogens is 486 g/mol. The van der Waals surface area contributed by atoms with E-state index in [0.717, 1.165) is 10.5 Å². The molecule has 0 unspecified atom stereocenters. The summed E-state index contributed by atoms with van der Waals surface area (Å²) >= 11 is 1.25. The van der Waals surface area contributed by atoms with E-state index in [9.17, 15) is 19.8 Å². The molecule has 0 heterocycles. The number of hydrogen-bond donors (Lipinski definition) is 3. The van der Waals surface area contributed by atoms with Gasteiger partial charge in [0.05, 0.1) is 24.7 Å². The van der Waals surface area contributed by atoms with Crippen molar-refractivity contribution < 1.29 is 19.8 Å². The molecule has 37 heavy (non-hydrogen) atoms. The van der Waals surface area contributed by atoms with Crippen LogP contribution in [-0.4, -0.2) is 28.6 Å². The number of amides is 1. The van der Waals surface area contributed by atoms with Gasteiger partial charge in [0.1, 0.15) is 11.3 Å². The first-order valence-corrected chi connectivity index (χ1v) is 13.1. The first-order chi connectivity index (χ1) is 17.9. The molecule has 0 aromatic heterocycles. The second-order valence-corrected chi connectivity index (χ2v) is 10.1. The summed E-state index contributed by atoms with van der Waals surface area (Å²) in [7, 11) is 0. The number of anilines is 1. The van der Waals surface area contributed by atoms with Gasteiger partial charge in [-0.15, -0.1) is 0 Å². The fraction of sp³-hybridized carbons (Fsp3) is 0.276. The number of carboxylic acid groups (broad SMARTS) is 1. The highest BCUT2D eigenvalue weighted by Gasteiger charge is 2.20. The molecule has 8 heteroatoms. The second kappa shape index (κ2) is 12.4. The number of aromatic hydroxyl groups is 1. The maximum absolute atomic E-state index is 13.3. The molecule has 7 nitrogen and oxygen atoms in total. The molecule has 0 aliphatic heterocycles. The van der Waals surface area contributed by atoms with Gasteiger partial charge in [-0.1, -0.05) is 49.6 Å². The Kier molecular flexibility index (Phi) is 8.83. The van der Waals surface area contributed by atoms with Gasteiger partial charge in [0, 0.05) is 16.6 Å². The van der Waals surface area contributed by atoms with Crippen molar-refractivity contribution in [2.75, 3.05) is 11.4 Å². The molecule has 190 valence electrons. The first kappa shape index (κ1) is 26.3. The monoisotopic (exact) mass is 515 g/mol. The smallest absolute Gasteiger partial charge is 0.339 e. The molecule has 1 amide bonds. The van der Waals surface area contributed by atoms with Gasteiger partial charge >= 0.3 is 5.97 Å². The maximum atomic E-state index is 13.3. The standard InChI is InChI=1S/C29H29N3O4S/c30-17-21-5-4-8-25(15-21)37-31-18-28(34)32(24-13-14-26(29(35)36)27(33)16-24)19-20-9-11-23(12-10-20)22-6-2-1-3-7-22/h4-5,8-16,22,31,33H,1-3,6-7,18-19H2,(H,35,36). The normalized spacial score (nSPS) is 13.6. The van der Waals surface area contributed by atoms with Crippen LogP contribution < -0.4 is 9.62 Å². The number of aromatic carboxylic acids is 1. The summed E-state index contributed by atoms with van der Waals surface area (Å²) in [5.41, 5.74) is 2.97. The largest absolute Gasteiger partial charge is 0.507 e. The molecule has 0 atom stereocenters. The van der Waals surface area contributed by atoms with Gasteiger partial charge < -0.3 is 15.1 Å². The Morgan fingerprint density at radius 2 is 1.78 bits per heavy atom. The third-order valence-electron chi connectivity index (χ3n) is 6.60. The van der Waals surface area contributed by atoms with Crippen LogP contribution in [0.1, 0.15) is 65.1 Å². The van der Waals surface area contributed by atoms with Crippen molar-refractivity contribution in [3.05, 3.63) is 89.0 Å². The third-order valence-corrected chi connectivity index (χ3v) is 7.38. The SMILES string of the molecule is N#Cc1cccc(SNCC(=O)N(Cc2ccc(C3CCCCC3)cc2)c2ccc(C(=O)O)c(O)c2)c1. The summed E-state index contributed by atoms with van der Waals surface area (Å²) in [6.45, 7) is 0.259. The van der Waals surface area contributed by atoms with E-state index in [2.05, 4.69) is 22.9 Å². The van der Waals surface area contributed by atoms with Gasteiger partial charge in [-0.2, -0.15) is 5.26 Å². The first-order valence-electron chi connectivity index (χ1n) is 12.3. The molecule has 0 spiro atoms. The predicted molar refractivity (Wildman–Crippen MR) is 144 cm³/mol. The third kappa shape index (κ3) is 6.91. The van der Waals surface area contributed by atoms with Crippen LogP contribution in [0.2, 0.25) is 0 Å². The Morgan fingerprint density at radius 1 is 1.03 bits per heavy atom. The van der Waals surface area contributed by atoms with Gasteiger partial charge in [0.25, 0.3) is 0 Å². The van der Waals surface area contributed by atoms with Crippen LogP contribution in [0, 0.1) is 11.3 Å². The van der Waals surface area contributed by atoms with Crippen molar-refractivity contribution in [1.29, 1.82) is 5.26 Å². The zero-order valence-corrected chi connectivity index (χ0v) is 21.2. The Balaban J connectivity index is 1.50. The van der Waals surface area contributed by atoms with E-state index < -0.39 is 11.7 Å². The highest BCUT2D eigenvalue weighted by Crippen LogP contribution is 2.33. The van der Waals surface area contributed by atoms with Crippen molar-refractivity contribution in [2.45, 2.75) is 49.5 Å². The molecule has 3 N–H and O–H groups in total. The number of carbonyl (C=O) groups excluding carboxylic acids is 1. The lowest BCUT2D eigenvalue weighted by Gasteiger charge is -2.25. The number of rotatable bonds is 9. The van der Waals surface area contributed by atoms with Gasteiger partial charge in [0.15, 0.2) is 0 Å². The van der Waals surface area contributed by atoms with Gasteiger partial charge in [-0.05, 0) is 72.2 Å². The van der Waals surface area contributed by atoms with Gasteiger partial charge in [-0.3, -0.25) is 9.52 Å². The van der Waals surface area contributed by atoms with Crippen molar-refractivity contribution in [3.8, 4) is 11.8 Å². The van der Waals surface area contributed by atoms with Crippen molar-refractivity contribution in [3.63, 3.8) is 0 Å². The number of nitrogens with one attached hydrogen (secondary N) is 1. The number of benzene rings is 3.